The molecule has 0 radical (unpaired) electrons. The van der Waals surface area contributed by atoms with Gasteiger partial charge in [0.25, 0.3) is 11.1 Å². The highest BCUT2D eigenvalue weighted by molar-refractivity contribution is 8.44. The van der Waals surface area contributed by atoms with Gasteiger partial charge >= 0.3 is 13.6 Å². The molecule has 0 aliphatic carbocycles. The number of H-pyrrole nitrogens is 2. The number of nitrogen functional groups attached to an aromatic ring is 1. The molecule has 10 atom stereocenters. The van der Waals surface area contributed by atoms with Crippen molar-refractivity contribution in [3.63, 3.8) is 0 Å². The number of alkyl halides is 1. The molecule has 4 N–H and O–H groups in total. The first-order chi connectivity index (χ1) is 27.3. The Morgan fingerprint density at radius 1 is 0.862 bits per heavy atom. The molecule has 5 aromatic heterocycles. The van der Waals surface area contributed by atoms with Crippen LogP contribution < -0.4 is 16.9 Å². The van der Waals surface area contributed by atoms with Crippen molar-refractivity contribution >= 4 is 80.5 Å². The number of nitrogens with zero attached hydrogens (tertiary/aromatic N) is 7. The fourth-order valence-corrected chi connectivity index (χ4v) is 17.1. The molecule has 5 aromatic rings. The topological polar surface area (TPSA) is 256 Å². The summed E-state index contributed by atoms with van der Waals surface area (Å²) in [6, 6.07) is 0. The monoisotopic (exact) mass is 904 g/mol. The Balaban J connectivity index is 1.21. The summed E-state index contributed by atoms with van der Waals surface area (Å²) in [5.41, 5.74) is 4.90. The van der Waals surface area contributed by atoms with Crippen molar-refractivity contribution in [2.24, 2.45) is 0 Å². The Labute approximate surface area is 340 Å². The van der Waals surface area contributed by atoms with E-state index in [9.17, 15) is 18.7 Å². The lowest BCUT2D eigenvalue weighted by molar-refractivity contribution is -0.0570. The first-order valence-electron chi connectivity index (χ1n) is 18.4. The Hall–Kier alpha value is -2.93. The molecule has 2 unspecified atom stereocenters. The van der Waals surface area contributed by atoms with Crippen LogP contribution in [0.25, 0.3) is 28.1 Å². The number of anilines is 1. The van der Waals surface area contributed by atoms with Crippen LogP contribution in [0.15, 0.2) is 34.6 Å². The average molecular weight is 905 g/mol. The van der Waals surface area contributed by atoms with Gasteiger partial charge in [0.1, 0.15) is 30.5 Å². The zero-order valence-electron chi connectivity index (χ0n) is 31.9. The van der Waals surface area contributed by atoms with Gasteiger partial charge in [-0.1, -0.05) is 66.0 Å². The van der Waals surface area contributed by atoms with Crippen LogP contribution in [0, 0.1) is 0 Å². The predicted molar refractivity (Wildman–Crippen MR) is 215 cm³/mol. The molecule has 8 rings (SSSR count). The van der Waals surface area contributed by atoms with E-state index in [0.717, 1.165) is 6.33 Å². The summed E-state index contributed by atoms with van der Waals surface area (Å²) in [5.74, 6) is -0.0127. The maximum Gasteiger partial charge on any atom is 0.386 e. The predicted octanol–water partition coefficient (Wildman–Crippen LogP) is 4.67. The number of hydrogen-bond acceptors (Lipinski definition) is 16. The van der Waals surface area contributed by atoms with Crippen LogP contribution in [0.4, 0.5) is 10.3 Å². The average Bonchev–Trinajstić information content (AvgIpc) is 3.96. The molecule has 0 amide bonds. The molecular weight excluding hydrogens is 862 g/mol. The lowest BCUT2D eigenvalue weighted by Crippen LogP contribution is -2.53. The third-order valence-electron chi connectivity index (χ3n) is 11.0. The summed E-state index contributed by atoms with van der Waals surface area (Å²) >= 11 is 8.55. The lowest BCUT2D eigenvalue weighted by Gasteiger charge is -2.45. The Morgan fingerprint density at radius 3 is 2.12 bits per heavy atom. The molecule has 8 heterocycles. The number of ether oxygens (including phenoxy) is 2. The number of thiol groups is 2. The Morgan fingerprint density at radius 2 is 1.45 bits per heavy atom. The van der Waals surface area contributed by atoms with Crippen molar-refractivity contribution in [3.05, 3.63) is 45.8 Å². The summed E-state index contributed by atoms with van der Waals surface area (Å²) in [6.07, 6.45) is -5.84. The minimum absolute atomic E-state index is 0.0470. The molecule has 0 aromatic carbocycles. The third kappa shape index (κ3) is 7.13. The fraction of sp³-hybridized carbons (Fsp3) is 0.613. The minimum atomic E-state index is -4.54. The molecule has 27 heteroatoms. The Bertz CT molecular complexity index is 2570. The van der Waals surface area contributed by atoms with Crippen molar-refractivity contribution in [3.8, 4) is 0 Å². The number of aromatic nitrogens is 9. The van der Waals surface area contributed by atoms with Gasteiger partial charge < -0.3 is 19.6 Å². The van der Waals surface area contributed by atoms with Gasteiger partial charge in [0.05, 0.1) is 25.9 Å². The minimum Gasteiger partial charge on any atom is -0.406 e. The van der Waals surface area contributed by atoms with E-state index in [4.69, 9.17) is 37.7 Å². The highest BCUT2D eigenvalue weighted by atomic mass is 32.7. The van der Waals surface area contributed by atoms with Crippen molar-refractivity contribution in [1.82, 2.24) is 43.4 Å². The van der Waals surface area contributed by atoms with Gasteiger partial charge in [-0.2, -0.15) is 4.98 Å². The van der Waals surface area contributed by atoms with E-state index in [2.05, 4.69) is 95.9 Å². The van der Waals surface area contributed by atoms with Gasteiger partial charge in [0.15, 0.2) is 41.0 Å². The molecule has 3 fully saturated rings. The molecule has 0 saturated carbocycles. The van der Waals surface area contributed by atoms with Gasteiger partial charge in [-0.25, -0.2) is 28.5 Å². The maximum atomic E-state index is 16.4. The zero-order valence-corrected chi connectivity index (χ0v) is 36.5. The van der Waals surface area contributed by atoms with Crippen molar-refractivity contribution in [2.75, 3.05) is 18.9 Å². The normalized spacial score (nSPS) is 32.7. The number of nitrogens with two attached hydrogens (primary N) is 1. The van der Waals surface area contributed by atoms with E-state index in [1.807, 2.05) is 0 Å². The number of halogens is 1. The molecule has 2 bridgehead atoms. The number of rotatable bonds is 7. The van der Waals surface area contributed by atoms with Crippen LogP contribution in [0.2, 0.25) is 16.6 Å². The highest BCUT2D eigenvalue weighted by Gasteiger charge is 2.58. The molecule has 21 nitrogen and oxygen atoms in total. The lowest BCUT2D eigenvalue weighted by atomic mass is 10.1. The van der Waals surface area contributed by atoms with E-state index in [0.29, 0.717) is 5.65 Å². The second-order valence-corrected chi connectivity index (χ2v) is 26.5. The molecule has 3 aliphatic heterocycles. The quantitative estimate of drug-likeness (QED) is 0.0845. The van der Waals surface area contributed by atoms with Crippen LogP contribution in [-0.4, -0.2) is 102 Å². The van der Waals surface area contributed by atoms with Gasteiger partial charge in [-0.3, -0.25) is 51.2 Å². The first-order valence-corrected chi connectivity index (χ1v) is 25.9. The SMILES string of the molecule is CC(C)[Si](O[C@@H]1[C@@H]2OP(=O)(S)OC[C@H]3O[C@@H](n4cnc5c(=O)[nH]c(N)nc54)[C@H](OP(=O)(S)OC[C@H]2O[C@H]1n1cnc2c(=O)[nH]c4nccn4c21)[C@@H]3F)(C(C)C)C(C)C. The van der Waals surface area contributed by atoms with Crippen molar-refractivity contribution < 1.29 is 45.5 Å². The highest BCUT2D eigenvalue weighted by Crippen LogP contribution is 2.61. The third-order valence-corrected chi connectivity index (χ3v) is 20.3. The number of fused-ring (bicyclic) bond motifs is 7. The van der Waals surface area contributed by atoms with E-state index in [-0.39, 0.29) is 45.0 Å². The van der Waals surface area contributed by atoms with Gasteiger partial charge in [0, 0.05) is 12.4 Å². The van der Waals surface area contributed by atoms with E-state index in [1.54, 1.807) is 15.2 Å². The van der Waals surface area contributed by atoms with Gasteiger partial charge in [0.2, 0.25) is 20.0 Å². The van der Waals surface area contributed by atoms with E-state index >= 15 is 4.39 Å². The summed E-state index contributed by atoms with van der Waals surface area (Å²) < 4.78 is 92.8. The molecule has 0 spiro atoms. The smallest absolute Gasteiger partial charge is 0.386 e. The van der Waals surface area contributed by atoms with E-state index in [1.165, 1.54) is 17.1 Å². The molecule has 3 saturated heterocycles. The Kier molecular flexibility index (Phi) is 11.0. The van der Waals surface area contributed by atoms with Crippen LogP contribution >= 0.6 is 38.1 Å². The van der Waals surface area contributed by atoms with Crippen LogP contribution in [-0.2, 0) is 41.1 Å². The van der Waals surface area contributed by atoms with Crippen LogP contribution in [0.5, 0.6) is 0 Å². The molecule has 58 heavy (non-hydrogen) atoms. The molecular formula is C31H43FN10O11P2S2Si. The first kappa shape index (κ1) is 41.8. The summed E-state index contributed by atoms with van der Waals surface area (Å²) in [6.45, 7) is 2.19. The largest absolute Gasteiger partial charge is 0.406 e. The fourth-order valence-electron chi connectivity index (χ4n) is 8.63. The van der Waals surface area contributed by atoms with Crippen LogP contribution in [0.3, 0.4) is 0 Å². The summed E-state index contributed by atoms with van der Waals surface area (Å²) in [4.78, 5) is 47.5. The summed E-state index contributed by atoms with van der Waals surface area (Å²) in [7, 11) is -2.86. The standard InChI is InChI=1S/C31H43FN10O11P2S2Si/c1-13(2)58(14(3)4,15(5)6)53-23-21-17(50-29(23)42-12-36-20-26(44)39-31-34-7-8-40(31)27(20)42)10-48-55(46,57)52-22-18(32)16(9-47-54(45,56)51-21)49-28(22)41-11-35-19-24(41)37-30(33)38-25(19)43/h7-8,11-18,21-23,28-29H,9-10H2,1-6H3,(H,45,56)(H,46,57)(H,34,39,44)(H3,33,37,38,43)/t16-,17-,18-,21-,22-,23-,28-,29-,54?,55?/m1/s1. The number of imidazole rings is 3. The van der Waals surface area contributed by atoms with Gasteiger partial charge in [-0.15, -0.1) is 0 Å². The zero-order chi connectivity index (χ0) is 41.6. The maximum absolute atomic E-state index is 16.4. The van der Waals surface area contributed by atoms with Crippen LogP contribution in [0.1, 0.15) is 54.0 Å². The van der Waals surface area contributed by atoms with Crippen molar-refractivity contribution in [1.29, 1.82) is 0 Å². The second-order valence-electron chi connectivity index (χ2n) is 15.3. The number of aromatic amines is 2. The van der Waals surface area contributed by atoms with E-state index < -0.39 is 95.4 Å². The summed E-state index contributed by atoms with van der Waals surface area (Å²) in [5, 5.41) is 0. The van der Waals surface area contributed by atoms with Crippen molar-refractivity contribution in [2.45, 2.75) is 107 Å². The number of nitrogens with one attached hydrogen (secondary N) is 2. The van der Waals surface area contributed by atoms with Gasteiger partial charge in [-0.05, 0) is 16.6 Å². The molecule has 3 aliphatic rings. The molecule has 316 valence electrons. The second kappa shape index (κ2) is 15.2. The number of hydrogen-bond donors (Lipinski definition) is 5.